The van der Waals surface area contributed by atoms with Crippen LogP contribution in [0.4, 0.5) is 0 Å². The molecule has 3 rings (SSSR count). The normalized spacial score (nSPS) is 18.0. The summed E-state index contributed by atoms with van der Waals surface area (Å²) in [5.41, 5.74) is 3.26. The van der Waals surface area contributed by atoms with E-state index < -0.39 is 0 Å². The molecule has 0 unspecified atom stereocenters. The van der Waals surface area contributed by atoms with Gasteiger partial charge in [-0.2, -0.15) is 0 Å². The van der Waals surface area contributed by atoms with E-state index in [1.807, 2.05) is 12.1 Å². The van der Waals surface area contributed by atoms with Crippen LogP contribution in [0.25, 0.3) is 0 Å². The minimum absolute atomic E-state index is 0.168. The Kier molecular flexibility index (Phi) is 7.36. The van der Waals surface area contributed by atoms with E-state index in [-0.39, 0.29) is 12.6 Å². The van der Waals surface area contributed by atoms with Crippen LogP contribution in [-0.4, -0.2) is 66.5 Å². The molecule has 1 saturated heterocycles. The summed E-state index contributed by atoms with van der Waals surface area (Å²) in [6, 6.07) is 11.9. The number of hydrogen-bond acceptors (Lipinski definition) is 6. The largest absolute Gasteiger partial charge is 0.508 e. The molecule has 1 heterocycles. The van der Waals surface area contributed by atoms with Crippen LogP contribution < -0.4 is 9.47 Å². The monoisotopic (exact) mass is 400 g/mol. The Morgan fingerprint density at radius 2 is 1.86 bits per heavy atom. The van der Waals surface area contributed by atoms with Crippen LogP contribution in [0.3, 0.4) is 0 Å². The molecule has 0 radical (unpaired) electrons. The Morgan fingerprint density at radius 1 is 1.03 bits per heavy atom. The first kappa shape index (κ1) is 21.4. The highest BCUT2D eigenvalue weighted by Crippen LogP contribution is 2.26. The smallest absolute Gasteiger partial charge is 0.121 e. The maximum absolute atomic E-state index is 10.2. The summed E-state index contributed by atoms with van der Waals surface area (Å²) in [6.07, 6.45) is 0.732. The van der Waals surface area contributed by atoms with E-state index >= 15 is 0 Å². The third-order valence-electron chi connectivity index (χ3n) is 5.68. The summed E-state index contributed by atoms with van der Waals surface area (Å²) in [5.74, 6) is 1.95. The van der Waals surface area contributed by atoms with Gasteiger partial charge in [-0.25, -0.2) is 0 Å². The predicted octanol–water partition coefficient (Wildman–Crippen LogP) is 2.79. The van der Waals surface area contributed by atoms with Crippen LogP contribution in [-0.2, 0) is 13.1 Å². The lowest BCUT2D eigenvalue weighted by atomic mass is 10.0. The van der Waals surface area contributed by atoms with Gasteiger partial charge in [0.2, 0.25) is 0 Å². The van der Waals surface area contributed by atoms with Crippen LogP contribution in [0.15, 0.2) is 36.4 Å². The number of aryl methyl sites for hydroxylation is 1. The Labute approximate surface area is 173 Å². The van der Waals surface area contributed by atoms with Gasteiger partial charge in [-0.05, 0) is 48.7 Å². The molecule has 1 atom stereocenters. The number of benzene rings is 2. The van der Waals surface area contributed by atoms with Gasteiger partial charge in [0.25, 0.3) is 0 Å². The second kappa shape index (κ2) is 9.96. The molecule has 6 heteroatoms. The van der Waals surface area contributed by atoms with E-state index in [9.17, 15) is 10.2 Å². The van der Waals surface area contributed by atoms with Crippen molar-refractivity contribution in [3.8, 4) is 17.2 Å². The number of phenolic OH excluding ortho intramolecular Hbond substituents is 1. The van der Waals surface area contributed by atoms with Crippen molar-refractivity contribution < 1.29 is 19.7 Å². The van der Waals surface area contributed by atoms with Gasteiger partial charge in [0.15, 0.2) is 0 Å². The third-order valence-corrected chi connectivity index (χ3v) is 5.68. The molecule has 0 aliphatic carbocycles. The second-order valence-corrected chi connectivity index (χ2v) is 7.67. The maximum Gasteiger partial charge on any atom is 0.121 e. The summed E-state index contributed by atoms with van der Waals surface area (Å²) in [4.78, 5) is 4.78. The lowest BCUT2D eigenvalue weighted by molar-refractivity contribution is 0.0496. The van der Waals surface area contributed by atoms with E-state index in [4.69, 9.17) is 9.47 Å². The molecule has 0 aromatic heterocycles. The van der Waals surface area contributed by atoms with E-state index in [2.05, 4.69) is 28.9 Å². The predicted molar refractivity (Wildman–Crippen MR) is 114 cm³/mol. The number of piperazine rings is 1. The van der Waals surface area contributed by atoms with Crippen molar-refractivity contribution in [2.24, 2.45) is 0 Å². The molecule has 2 N–H and O–H groups in total. The number of hydrogen-bond donors (Lipinski definition) is 2. The van der Waals surface area contributed by atoms with Crippen LogP contribution in [0.5, 0.6) is 17.2 Å². The maximum atomic E-state index is 10.2. The van der Waals surface area contributed by atoms with Gasteiger partial charge in [0.1, 0.15) is 17.2 Å². The molecule has 2 aromatic rings. The number of methoxy groups -OCH3 is 2. The number of aliphatic hydroxyl groups excluding tert-OH is 1. The van der Waals surface area contributed by atoms with E-state index in [0.717, 1.165) is 55.2 Å². The zero-order chi connectivity index (χ0) is 20.8. The molecular weight excluding hydrogens is 368 g/mol. The quantitative estimate of drug-likeness (QED) is 0.710. The first-order chi connectivity index (χ1) is 14.0. The fourth-order valence-electron chi connectivity index (χ4n) is 4.06. The number of aromatic hydroxyl groups is 1. The van der Waals surface area contributed by atoms with Crippen molar-refractivity contribution >= 4 is 0 Å². The summed E-state index contributed by atoms with van der Waals surface area (Å²) in [7, 11) is 3.33. The first-order valence-corrected chi connectivity index (χ1v) is 10.1. The van der Waals surface area contributed by atoms with Crippen LogP contribution in [0.1, 0.15) is 23.1 Å². The van der Waals surface area contributed by atoms with Gasteiger partial charge in [-0.3, -0.25) is 9.80 Å². The highest BCUT2D eigenvalue weighted by Gasteiger charge is 2.27. The van der Waals surface area contributed by atoms with Gasteiger partial charge in [0, 0.05) is 50.9 Å². The van der Waals surface area contributed by atoms with E-state index in [1.54, 1.807) is 26.4 Å². The Balaban J connectivity index is 1.67. The zero-order valence-electron chi connectivity index (χ0n) is 17.6. The molecule has 0 amide bonds. The molecule has 6 nitrogen and oxygen atoms in total. The van der Waals surface area contributed by atoms with E-state index in [0.29, 0.717) is 12.3 Å². The van der Waals surface area contributed by atoms with Crippen molar-refractivity contribution in [2.45, 2.75) is 32.5 Å². The van der Waals surface area contributed by atoms with Crippen molar-refractivity contribution in [1.29, 1.82) is 0 Å². The Morgan fingerprint density at radius 3 is 2.55 bits per heavy atom. The third kappa shape index (κ3) is 5.41. The molecule has 1 fully saturated rings. The Hall–Kier alpha value is -2.28. The number of rotatable bonds is 8. The lowest BCUT2D eigenvalue weighted by Crippen LogP contribution is -2.52. The average molecular weight is 401 g/mol. The minimum Gasteiger partial charge on any atom is -0.508 e. The van der Waals surface area contributed by atoms with Gasteiger partial charge in [-0.1, -0.05) is 12.1 Å². The molecule has 0 spiro atoms. The van der Waals surface area contributed by atoms with Crippen LogP contribution in [0.2, 0.25) is 0 Å². The summed E-state index contributed by atoms with van der Waals surface area (Å²) >= 11 is 0. The van der Waals surface area contributed by atoms with Crippen LogP contribution in [0, 0.1) is 6.92 Å². The van der Waals surface area contributed by atoms with Crippen molar-refractivity contribution in [3.05, 3.63) is 53.1 Å². The molecular formula is C23H32N2O4. The number of ether oxygens (including phenoxy) is 2. The molecule has 1 aliphatic rings. The highest BCUT2D eigenvalue weighted by molar-refractivity contribution is 5.39. The molecule has 0 saturated carbocycles. The Bertz CT molecular complexity index is 811. The van der Waals surface area contributed by atoms with Crippen LogP contribution >= 0.6 is 0 Å². The molecule has 1 aliphatic heterocycles. The fourth-order valence-corrected chi connectivity index (χ4v) is 4.06. The molecule has 0 bridgehead atoms. The second-order valence-electron chi connectivity index (χ2n) is 7.67. The van der Waals surface area contributed by atoms with Crippen molar-refractivity contribution in [1.82, 2.24) is 9.80 Å². The topological polar surface area (TPSA) is 65.4 Å². The highest BCUT2D eigenvalue weighted by atomic mass is 16.5. The van der Waals surface area contributed by atoms with Crippen molar-refractivity contribution in [3.63, 3.8) is 0 Å². The SMILES string of the molecule is COc1ccc(O)c(CN2CCN(Cc3ccc(OC)c(C)c3)[C@@H](CCO)C2)c1. The molecule has 29 heavy (non-hydrogen) atoms. The summed E-state index contributed by atoms with van der Waals surface area (Å²) in [5, 5.41) is 19.8. The summed E-state index contributed by atoms with van der Waals surface area (Å²) in [6.45, 7) is 6.43. The standard InChI is InChI=1S/C23H32N2O4/c1-17-12-18(4-7-23(17)29-3)14-25-10-9-24(16-20(25)8-11-26)15-19-13-21(28-2)5-6-22(19)27/h4-7,12-13,20,26-27H,8-11,14-16H2,1-3H3/t20-/m0/s1. The fraction of sp³-hybridized carbons (Fsp3) is 0.478. The van der Waals surface area contributed by atoms with Gasteiger partial charge in [-0.15, -0.1) is 0 Å². The zero-order valence-corrected chi connectivity index (χ0v) is 17.6. The van der Waals surface area contributed by atoms with E-state index in [1.165, 1.54) is 5.56 Å². The minimum atomic E-state index is 0.168. The molecule has 2 aromatic carbocycles. The van der Waals surface area contributed by atoms with Crippen molar-refractivity contribution in [2.75, 3.05) is 40.5 Å². The average Bonchev–Trinajstić information content (AvgIpc) is 2.72. The van der Waals surface area contributed by atoms with Gasteiger partial charge in [0.05, 0.1) is 14.2 Å². The first-order valence-electron chi connectivity index (χ1n) is 10.1. The molecule has 158 valence electrons. The number of nitrogens with zero attached hydrogens (tertiary/aromatic N) is 2. The van der Waals surface area contributed by atoms with Gasteiger partial charge >= 0.3 is 0 Å². The number of aliphatic hydroxyl groups is 1. The van der Waals surface area contributed by atoms with Gasteiger partial charge < -0.3 is 19.7 Å². The summed E-state index contributed by atoms with van der Waals surface area (Å²) < 4.78 is 10.7. The number of phenols is 1. The lowest BCUT2D eigenvalue weighted by Gasteiger charge is -2.41.